The molecule has 0 heterocycles. The third kappa shape index (κ3) is 4.38. The molecule has 1 atom stereocenters. The smallest absolute Gasteiger partial charge is 0.246 e. The van der Waals surface area contributed by atoms with Gasteiger partial charge in [-0.1, -0.05) is 18.2 Å². The van der Waals surface area contributed by atoms with Crippen LogP contribution in [0.2, 0.25) is 0 Å². The zero-order valence-corrected chi connectivity index (χ0v) is 11.8. The number of carbonyl (C=O) groups is 1. The lowest BCUT2D eigenvalue weighted by atomic mass is 10.2. The summed E-state index contributed by atoms with van der Waals surface area (Å²) in [5.41, 5.74) is 1.94. The highest BCUT2D eigenvalue weighted by Crippen LogP contribution is 2.17. The van der Waals surface area contributed by atoms with Gasteiger partial charge in [0, 0.05) is 12.1 Å². The number of aliphatic hydroxyl groups excluding tert-OH is 1. The molecule has 1 aliphatic rings. The maximum Gasteiger partial charge on any atom is 0.246 e. The minimum atomic E-state index is -0.707. The van der Waals surface area contributed by atoms with Gasteiger partial charge in [0.05, 0.1) is 0 Å². The van der Waals surface area contributed by atoms with Crippen LogP contribution in [0.25, 0.3) is 0 Å². The van der Waals surface area contributed by atoms with Crippen LogP contribution in [0.4, 0.5) is 0 Å². The van der Waals surface area contributed by atoms with E-state index in [0.717, 1.165) is 36.1 Å². The molecule has 20 heavy (non-hydrogen) atoms. The van der Waals surface area contributed by atoms with Gasteiger partial charge >= 0.3 is 0 Å². The molecule has 1 amide bonds. The van der Waals surface area contributed by atoms with Crippen molar-refractivity contribution in [3.8, 4) is 5.75 Å². The van der Waals surface area contributed by atoms with Crippen LogP contribution in [0.1, 0.15) is 24.8 Å². The monoisotopic (exact) mass is 275 g/mol. The van der Waals surface area contributed by atoms with Crippen molar-refractivity contribution in [2.45, 2.75) is 32.3 Å². The van der Waals surface area contributed by atoms with Crippen LogP contribution in [-0.2, 0) is 4.79 Å². The Hall–Kier alpha value is -1.81. The van der Waals surface area contributed by atoms with Crippen LogP contribution in [0, 0.1) is 6.92 Å². The average Bonchev–Trinajstić information content (AvgIpc) is 2.97. The van der Waals surface area contributed by atoms with Gasteiger partial charge in [0.25, 0.3) is 0 Å². The zero-order chi connectivity index (χ0) is 14.4. The molecular formula is C16H21NO3. The van der Waals surface area contributed by atoms with E-state index in [1.807, 2.05) is 37.3 Å². The Bertz CT molecular complexity index is 496. The number of aryl methyl sites for hydroxylation is 1. The molecular weight excluding hydrogens is 254 g/mol. The van der Waals surface area contributed by atoms with Crippen molar-refractivity contribution < 1.29 is 14.6 Å². The summed E-state index contributed by atoms with van der Waals surface area (Å²) in [5.74, 6) is 0.658. The second-order valence-corrected chi connectivity index (χ2v) is 5.11. The molecule has 108 valence electrons. The first-order chi connectivity index (χ1) is 9.65. The number of benzene rings is 1. The van der Waals surface area contributed by atoms with Crippen LogP contribution < -0.4 is 10.1 Å². The molecule has 0 fully saturated rings. The molecule has 1 unspecified atom stereocenters. The van der Waals surface area contributed by atoms with Crippen molar-refractivity contribution >= 4 is 5.91 Å². The molecule has 0 radical (unpaired) electrons. The van der Waals surface area contributed by atoms with Crippen molar-refractivity contribution in [1.29, 1.82) is 0 Å². The van der Waals surface area contributed by atoms with Crippen LogP contribution in [0.15, 0.2) is 35.9 Å². The van der Waals surface area contributed by atoms with Crippen LogP contribution in [0.5, 0.6) is 5.75 Å². The topological polar surface area (TPSA) is 58.6 Å². The molecule has 4 heteroatoms. The first-order valence-electron chi connectivity index (χ1n) is 7.00. The maximum atomic E-state index is 11.7. The third-order valence-electron chi connectivity index (χ3n) is 3.26. The van der Waals surface area contributed by atoms with Crippen molar-refractivity contribution in [2.24, 2.45) is 0 Å². The van der Waals surface area contributed by atoms with E-state index in [0.29, 0.717) is 0 Å². The Morgan fingerprint density at radius 3 is 3.05 bits per heavy atom. The fraction of sp³-hybridized carbons (Fsp3) is 0.438. The minimum absolute atomic E-state index is 0.0721. The quantitative estimate of drug-likeness (QED) is 0.834. The molecule has 1 aromatic carbocycles. The largest absolute Gasteiger partial charge is 0.491 e. The minimum Gasteiger partial charge on any atom is -0.491 e. The number of nitrogens with one attached hydrogen (secondary N) is 1. The first-order valence-corrected chi connectivity index (χ1v) is 7.00. The summed E-state index contributed by atoms with van der Waals surface area (Å²) in [6.07, 6.45) is 4.11. The first kappa shape index (κ1) is 14.6. The molecule has 0 aromatic heterocycles. The summed E-state index contributed by atoms with van der Waals surface area (Å²) >= 11 is 0. The number of amides is 1. The molecule has 2 N–H and O–H groups in total. The number of ether oxygens (including phenoxy) is 1. The molecule has 1 aliphatic carbocycles. The fourth-order valence-corrected chi connectivity index (χ4v) is 2.16. The van der Waals surface area contributed by atoms with Gasteiger partial charge in [-0.15, -0.1) is 0 Å². The van der Waals surface area contributed by atoms with E-state index >= 15 is 0 Å². The number of aliphatic hydroxyl groups is 1. The fourth-order valence-electron chi connectivity index (χ4n) is 2.16. The Kier molecular flexibility index (Phi) is 5.18. The van der Waals surface area contributed by atoms with Crippen molar-refractivity contribution in [3.63, 3.8) is 0 Å². The summed E-state index contributed by atoms with van der Waals surface area (Å²) < 4.78 is 5.49. The molecule has 0 spiro atoms. The Morgan fingerprint density at radius 1 is 1.50 bits per heavy atom. The summed E-state index contributed by atoms with van der Waals surface area (Å²) in [4.78, 5) is 11.7. The lowest BCUT2D eigenvalue weighted by Gasteiger charge is -2.14. The van der Waals surface area contributed by atoms with Gasteiger partial charge in [-0.2, -0.15) is 0 Å². The Morgan fingerprint density at radius 2 is 2.35 bits per heavy atom. The highest BCUT2D eigenvalue weighted by Gasteiger charge is 2.14. The van der Waals surface area contributed by atoms with E-state index in [9.17, 15) is 9.90 Å². The molecule has 0 bridgehead atoms. The molecule has 0 saturated carbocycles. The number of carbonyl (C=O) groups excluding carboxylic acids is 1. The van der Waals surface area contributed by atoms with Crippen LogP contribution in [-0.4, -0.2) is 30.3 Å². The van der Waals surface area contributed by atoms with Gasteiger partial charge in [-0.05, 0) is 43.9 Å². The highest BCUT2D eigenvalue weighted by atomic mass is 16.5. The number of rotatable bonds is 6. The number of hydrogen-bond donors (Lipinski definition) is 2. The van der Waals surface area contributed by atoms with Crippen molar-refractivity contribution in [3.05, 3.63) is 41.5 Å². The second kappa shape index (κ2) is 7.10. The Labute approximate surface area is 119 Å². The predicted molar refractivity (Wildman–Crippen MR) is 77.6 cm³/mol. The lowest BCUT2D eigenvalue weighted by Crippen LogP contribution is -2.35. The van der Waals surface area contributed by atoms with Gasteiger partial charge in [-0.25, -0.2) is 0 Å². The SMILES string of the molecule is Cc1cccc(OCC(O)CNC(=O)C2=CCCC2)c1. The summed E-state index contributed by atoms with van der Waals surface area (Å²) in [6.45, 7) is 2.36. The van der Waals surface area contributed by atoms with E-state index in [1.165, 1.54) is 0 Å². The highest BCUT2D eigenvalue weighted by molar-refractivity contribution is 5.93. The summed E-state index contributed by atoms with van der Waals surface area (Å²) in [7, 11) is 0. The molecule has 1 aromatic rings. The van der Waals surface area contributed by atoms with E-state index < -0.39 is 6.10 Å². The lowest BCUT2D eigenvalue weighted by molar-refractivity contribution is -0.118. The van der Waals surface area contributed by atoms with Gasteiger partial charge in [0.1, 0.15) is 18.5 Å². The van der Waals surface area contributed by atoms with E-state index in [-0.39, 0.29) is 19.1 Å². The number of allylic oxidation sites excluding steroid dienone is 1. The van der Waals surface area contributed by atoms with Gasteiger partial charge < -0.3 is 15.2 Å². The second-order valence-electron chi connectivity index (χ2n) is 5.11. The molecule has 0 aliphatic heterocycles. The van der Waals surface area contributed by atoms with E-state index in [2.05, 4.69) is 5.32 Å². The van der Waals surface area contributed by atoms with Crippen LogP contribution >= 0.6 is 0 Å². The van der Waals surface area contributed by atoms with Crippen LogP contribution in [0.3, 0.4) is 0 Å². The normalized spacial score (nSPS) is 15.6. The van der Waals surface area contributed by atoms with Gasteiger partial charge in [0.2, 0.25) is 5.91 Å². The maximum absolute atomic E-state index is 11.7. The number of hydrogen-bond acceptors (Lipinski definition) is 3. The van der Waals surface area contributed by atoms with Crippen molar-refractivity contribution in [1.82, 2.24) is 5.32 Å². The van der Waals surface area contributed by atoms with Gasteiger partial charge in [-0.3, -0.25) is 4.79 Å². The predicted octanol–water partition coefficient (Wildman–Crippen LogP) is 1.96. The standard InChI is InChI=1S/C16H21NO3/c1-12-5-4-8-15(9-12)20-11-14(18)10-17-16(19)13-6-2-3-7-13/h4-6,8-9,14,18H,2-3,7,10-11H2,1H3,(H,17,19). The molecule has 4 nitrogen and oxygen atoms in total. The van der Waals surface area contributed by atoms with E-state index in [4.69, 9.17) is 4.74 Å². The van der Waals surface area contributed by atoms with E-state index in [1.54, 1.807) is 0 Å². The third-order valence-corrected chi connectivity index (χ3v) is 3.26. The van der Waals surface area contributed by atoms with Gasteiger partial charge in [0.15, 0.2) is 0 Å². The zero-order valence-electron chi connectivity index (χ0n) is 11.8. The molecule has 2 rings (SSSR count). The summed E-state index contributed by atoms with van der Waals surface area (Å²) in [6, 6.07) is 7.65. The Balaban J connectivity index is 1.70. The average molecular weight is 275 g/mol. The molecule has 0 saturated heterocycles. The summed E-state index contributed by atoms with van der Waals surface area (Å²) in [5, 5.41) is 12.5. The van der Waals surface area contributed by atoms with Crippen molar-refractivity contribution in [2.75, 3.05) is 13.2 Å².